The Hall–Kier alpha value is -1.39. The molecule has 0 fully saturated rings. The van der Waals surface area contributed by atoms with E-state index in [0.29, 0.717) is 10.9 Å². The number of nitriles is 1. The molecule has 1 aromatic rings. The second-order valence-electron chi connectivity index (χ2n) is 2.10. The number of halogens is 2. The minimum absolute atomic E-state index is 0.204. The summed E-state index contributed by atoms with van der Waals surface area (Å²) in [4.78, 5) is 3.60. The summed E-state index contributed by atoms with van der Waals surface area (Å²) in [6.45, 7) is 0. The molecule has 64 valence electrons. The van der Waals surface area contributed by atoms with Crippen LogP contribution in [0.15, 0.2) is 12.3 Å². The summed E-state index contributed by atoms with van der Waals surface area (Å²) in [5.41, 5.74) is 0.264. The van der Waals surface area contributed by atoms with Gasteiger partial charge in [0.15, 0.2) is 11.5 Å². The normalized spacial score (nSPS) is 8.38. The minimum atomic E-state index is -0.635. The molecule has 1 rings (SSSR count). The Morgan fingerprint density at radius 3 is 2.92 bits per heavy atom. The van der Waals surface area contributed by atoms with Gasteiger partial charge in [-0.1, -0.05) is 27.8 Å². The molecule has 1 aromatic heterocycles. The Bertz CT molecular complexity index is 412. The molecule has 0 aliphatic rings. The zero-order valence-corrected chi connectivity index (χ0v) is 8.10. The molecular weight excluding hydrogens is 235 g/mol. The molecule has 0 saturated heterocycles. The first kappa shape index (κ1) is 9.70. The maximum absolute atomic E-state index is 12.9. The lowest BCUT2D eigenvalue weighted by molar-refractivity contribution is 0.616. The molecule has 0 aromatic carbocycles. The smallest absolute Gasteiger partial charge is 0.176 e. The average molecular weight is 239 g/mol. The van der Waals surface area contributed by atoms with Crippen LogP contribution in [0.5, 0.6) is 0 Å². The first-order valence-corrected chi connectivity index (χ1v) is 4.50. The van der Waals surface area contributed by atoms with Crippen molar-refractivity contribution < 1.29 is 4.39 Å². The quantitative estimate of drug-likeness (QED) is 0.511. The van der Waals surface area contributed by atoms with Crippen molar-refractivity contribution in [1.29, 1.82) is 5.26 Å². The number of alkyl halides is 1. The Labute approximate surface area is 83.5 Å². The zero-order valence-electron chi connectivity index (χ0n) is 6.51. The summed E-state index contributed by atoms with van der Waals surface area (Å²) in [5.74, 6) is 4.75. The van der Waals surface area contributed by atoms with E-state index in [2.05, 4.69) is 32.8 Å². The molecule has 4 heteroatoms. The van der Waals surface area contributed by atoms with Gasteiger partial charge in [-0.05, 0) is 6.07 Å². The molecule has 0 atom stereocenters. The Morgan fingerprint density at radius 1 is 1.62 bits per heavy atom. The third kappa shape index (κ3) is 2.54. The van der Waals surface area contributed by atoms with Crippen LogP contribution in [0.25, 0.3) is 0 Å². The van der Waals surface area contributed by atoms with Crippen LogP contribution in [0, 0.1) is 29.0 Å². The molecule has 0 bridgehead atoms. The van der Waals surface area contributed by atoms with Gasteiger partial charge in [0, 0.05) is 11.8 Å². The summed E-state index contributed by atoms with van der Waals surface area (Å²) < 4.78 is 12.9. The largest absolute Gasteiger partial charge is 0.241 e. The molecule has 0 aliphatic heterocycles. The number of hydrogen-bond acceptors (Lipinski definition) is 2. The van der Waals surface area contributed by atoms with Gasteiger partial charge in [0.2, 0.25) is 0 Å². The Balaban J connectivity index is 3.04. The van der Waals surface area contributed by atoms with Crippen molar-refractivity contribution in [3.8, 4) is 17.9 Å². The van der Waals surface area contributed by atoms with Gasteiger partial charge in [-0.15, -0.1) is 0 Å². The summed E-state index contributed by atoms with van der Waals surface area (Å²) in [6, 6.07) is 2.83. The van der Waals surface area contributed by atoms with Crippen molar-refractivity contribution in [2.75, 3.05) is 5.33 Å². The second-order valence-corrected chi connectivity index (χ2v) is 2.66. The van der Waals surface area contributed by atoms with Gasteiger partial charge >= 0.3 is 0 Å². The van der Waals surface area contributed by atoms with E-state index >= 15 is 0 Å². The van der Waals surface area contributed by atoms with Crippen LogP contribution in [0.2, 0.25) is 0 Å². The van der Waals surface area contributed by atoms with Crippen LogP contribution >= 0.6 is 15.9 Å². The fraction of sp³-hybridized carbons (Fsp3) is 0.111. The first-order valence-electron chi connectivity index (χ1n) is 3.38. The first-order chi connectivity index (χ1) is 6.27. The number of nitrogens with zero attached hydrogens (tertiary/aromatic N) is 2. The minimum Gasteiger partial charge on any atom is -0.241 e. The maximum Gasteiger partial charge on any atom is 0.176 e. The predicted octanol–water partition coefficient (Wildman–Crippen LogP) is 1.84. The Kier molecular flexibility index (Phi) is 3.42. The van der Waals surface area contributed by atoms with Crippen molar-refractivity contribution in [2.24, 2.45) is 0 Å². The monoisotopic (exact) mass is 238 g/mol. The van der Waals surface area contributed by atoms with Crippen molar-refractivity contribution in [2.45, 2.75) is 0 Å². The van der Waals surface area contributed by atoms with Gasteiger partial charge in [-0.2, -0.15) is 5.26 Å². The third-order valence-corrected chi connectivity index (χ3v) is 1.53. The second kappa shape index (κ2) is 4.59. The molecule has 0 aliphatic carbocycles. The van der Waals surface area contributed by atoms with E-state index in [1.54, 1.807) is 6.07 Å². The molecule has 0 N–H and O–H groups in total. The van der Waals surface area contributed by atoms with Gasteiger partial charge in [0.1, 0.15) is 6.07 Å². The molecular formula is C9H4BrFN2. The summed E-state index contributed by atoms with van der Waals surface area (Å²) in [5, 5.41) is 8.91. The van der Waals surface area contributed by atoms with Crippen molar-refractivity contribution in [1.82, 2.24) is 4.98 Å². The molecule has 0 spiro atoms. The maximum atomic E-state index is 12.9. The average Bonchev–Trinajstić information content (AvgIpc) is 2.15. The molecule has 0 unspecified atom stereocenters. The van der Waals surface area contributed by atoms with E-state index in [4.69, 9.17) is 5.26 Å². The van der Waals surface area contributed by atoms with E-state index < -0.39 is 5.82 Å². The molecule has 1 heterocycles. The fourth-order valence-corrected chi connectivity index (χ4v) is 0.864. The number of pyridine rings is 1. The van der Waals surface area contributed by atoms with Gasteiger partial charge in [-0.3, -0.25) is 0 Å². The van der Waals surface area contributed by atoms with Gasteiger partial charge in [-0.25, -0.2) is 9.37 Å². The van der Waals surface area contributed by atoms with Gasteiger partial charge in [0.05, 0.1) is 5.33 Å². The highest BCUT2D eigenvalue weighted by molar-refractivity contribution is 9.09. The van der Waals surface area contributed by atoms with Gasteiger partial charge < -0.3 is 0 Å². The highest BCUT2D eigenvalue weighted by atomic mass is 79.9. The van der Waals surface area contributed by atoms with E-state index in [1.165, 1.54) is 12.3 Å². The van der Waals surface area contributed by atoms with Crippen LogP contribution in [0.3, 0.4) is 0 Å². The lowest BCUT2D eigenvalue weighted by atomic mass is 10.2. The standard InChI is InChI=1S/C9H4BrFN2/c10-3-1-2-7-4-8(11)9(5-12)13-6-7/h4,6H,3H2. The number of aromatic nitrogens is 1. The lowest BCUT2D eigenvalue weighted by Crippen LogP contribution is -1.90. The van der Waals surface area contributed by atoms with Crippen molar-refractivity contribution in [3.63, 3.8) is 0 Å². The SMILES string of the molecule is N#Cc1ncc(C#CCBr)cc1F. The predicted molar refractivity (Wildman–Crippen MR) is 49.6 cm³/mol. The summed E-state index contributed by atoms with van der Waals surface area (Å²) in [7, 11) is 0. The number of rotatable bonds is 0. The molecule has 0 saturated carbocycles. The van der Waals surface area contributed by atoms with Crippen LogP contribution < -0.4 is 0 Å². The van der Waals surface area contributed by atoms with Gasteiger partial charge in [0.25, 0.3) is 0 Å². The molecule has 13 heavy (non-hydrogen) atoms. The van der Waals surface area contributed by atoms with E-state index in [-0.39, 0.29) is 5.69 Å². The Morgan fingerprint density at radius 2 is 2.38 bits per heavy atom. The van der Waals surface area contributed by atoms with Crippen molar-refractivity contribution in [3.05, 3.63) is 29.3 Å². The topological polar surface area (TPSA) is 36.7 Å². The fourth-order valence-electron chi connectivity index (χ4n) is 0.724. The van der Waals surface area contributed by atoms with E-state index in [0.717, 1.165) is 0 Å². The highest BCUT2D eigenvalue weighted by Gasteiger charge is 2.01. The van der Waals surface area contributed by atoms with Crippen LogP contribution in [0.1, 0.15) is 11.3 Å². The van der Waals surface area contributed by atoms with Crippen molar-refractivity contribution >= 4 is 15.9 Å². The molecule has 2 nitrogen and oxygen atoms in total. The number of hydrogen-bond donors (Lipinski definition) is 0. The summed E-state index contributed by atoms with van der Waals surface area (Å²) >= 11 is 3.11. The van der Waals surface area contributed by atoms with Crippen LogP contribution in [0.4, 0.5) is 4.39 Å². The zero-order chi connectivity index (χ0) is 9.68. The molecule has 0 radical (unpaired) electrons. The van der Waals surface area contributed by atoms with Crippen LogP contribution in [-0.4, -0.2) is 10.3 Å². The van der Waals surface area contributed by atoms with Crippen LogP contribution in [-0.2, 0) is 0 Å². The lowest BCUT2D eigenvalue weighted by Gasteiger charge is -1.92. The third-order valence-electron chi connectivity index (χ3n) is 1.25. The van der Waals surface area contributed by atoms with E-state index in [1.807, 2.05) is 0 Å². The molecule has 0 amide bonds. The highest BCUT2D eigenvalue weighted by Crippen LogP contribution is 2.04. The van der Waals surface area contributed by atoms with E-state index in [9.17, 15) is 4.39 Å². The summed E-state index contributed by atoms with van der Waals surface area (Å²) in [6.07, 6.45) is 1.37.